The smallest absolute Gasteiger partial charge is 0.469 e. The number of carbonyl (C=O) groups excluding carboxylic acids is 1. The standard InChI is InChI=1S/C20H33BO6/c1-18(2)19(3,4)27-21(26-18)14-13-16-15(24-20(5,6)25-16)11-9-8-10-12-17(22)23-7/h8-9,13-16H,10-12H2,1-7H3/b9-8-,14-13+/t15-,16+/m0/s1. The maximum Gasteiger partial charge on any atom is 0.486 e. The highest BCUT2D eigenvalue weighted by Gasteiger charge is 2.50. The van der Waals surface area contributed by atoms with Gasteiger partial charge in [0.1, 0.15) is 6.10 Å². The molecule has 2 aliphatic heterocycles. The molecule has 0 aromatic rings. The van der Waals surface area contributed by atoms with Crippen LogP contribution in [0.4, 0.5) is 0 Å². The van der Waals surface area contributed by atoms with E-state index in [1.165, 1.54) is 7.11 Å². The van der Waals surface area contributed by atoms with Gasteiger partial charge in [-0.2, -0.15) is 0 Å². The van der Waals surface area contributed by atoms with E-state index in [0.717, 1.165) is 0 Å². The first-order chi connectivity index (χ1) is 12.5. The van der Waals surface area contributed by atoms with Crippen LogP contribution in [0.1, 0.15) is 60.8 Å². The van der Waals surface area contributed by atoms with Crippen LogP contribution in [0.25, 0.3) is 0 Å². The van der Waals surface area contributed by atoms with E-state index in [2.05, 4.69) is 4.74 Å². The normalized spacial score (nSPS) is 29.1. The molecule has 0 aliphatic carbocycles. The van der Waals surface area contributed by atoms with E-state index in [1.807, 2.05) is 65.7 Å². The van der Waals surface area contributed by atoms with Gasteiger partial charge in [0, 0.05) is 6.42 Å². The van der Waals surface area contributed by atoms with Crippen LogP contribution in [0, 0.1) is 0 Å². The van der Waals surface area contributed by atoms with Crippen molar-refractivity contribution in [1.82, 2.24) is 0 Å². The van der Waals surface area contributed by atoms with Crippen molar-refractivity contribution in [3.05, 3.63) is 24.2 Å². The molecule has 0 radical (unpaired) electrons. The highest BCUT2D eigenvalue weighted by Crippen LogP contribution is 2.37. The van der Waals surface area contributed by atoms with Gasteiger partial charge in [0.2, 0.25) is 0 Å². The van der Waals surface area contributed by atoms with Gasteiger partial charge in [0.15, 0.2) is 5.79 Å². The van der Waals surface area contributed by atoms with Crippen molar-refractivity contribution in [3.8, 4) is 0 Å². The largest absolute Gasteiger partial charge is 0.486 e. The molecule has 0 bridgehead atoms. The second-order valence-corrected chi connectivity index (χ2v) is 8.47. The molecule has 0 aromatic heterocycles. The van der Waals surface area contributed by atoms with Crippen LogP contribution in [0.5, 0.6) is 0 Å². The minimum absolute atomic E-state index is 0.104. The van der Waals surface area contributed by atoms with Crippen LogP contribution in [-0.2, 0) is 28.3 Å². The Morgan fingerprint density at radius 1 is 1.04 bits per heavy atom. The minimum atomic E-state index is -0.643. The van der Waals surface area contributed by atoms with E-state index < -0.39 is 12.9 Å². The molecule has 0 N–H and O–H groups in total. The number of rotatable bonds is 7. The van der Waals surface area contributed by atoms with Crippen LogP contribution in [0.15, 0.2) is 24.2 Å². The molecule has 0 unspecified atom stereocenters. The lowest BCUT2D eigenvalue weighted by Crippen LogP contribution is -2.41. The van der Waals surface area contributed by atoms with Crippen molar-refractivity contribution in [2.75, 3.05) is 7.11 Å². The fourth-order valence-electron chi connectivity index (χ4n) is 3.03. The van der Waals surface area contributed by atoms with E-state index in [9.17, 15) is 4.79 Å². The van der Waals surface area contributed by atoms with E-state index in [-0.39, 0.29) is 29.4 Å². The average molecular weight is 380 g/mol. The van der Waals surface area contributed by atoms with Crippen LogP contribution in [-0.4, -0.2) is 49.4 Å². The number of ether oxygens (including phenoxy) is 3. The Morgan fingerprint density at radius 2 is 1.67 bits per heavy atom. The summed E-state index contributed by atoms with van der Waals surface area (Å²) in [6, 6.07) is 0. The third-order valence-corrected chi connectivity index (χ3v) is 5.23. The fraction of sp³-hybridized carbons (Fsp3) is 0.750. The summed E-state index contributed by atoms with van der Waals surface area (Å²) in [5.74, 6) is 1.06. The molecule has 0 aromatic carbocycles. The summed E-state index contributed by atoms with van der Waals surface area (Å²) in [4.78, 5) is 11.1. The lowest BCUT2D eigenvalue weighted by Gasteiger charge is -2.32. The van der Waals surface area contributed by atoms with E-state index in [0.29, 0.717) is 19.3 Å². The Morgan fingerprint density at radius 3 is 2.26 bits per heavy atom. The van der Waals surface area contributed by atoms with Crippen LogP contribution in [0.2, 0.25) is 0 Å². The predicted octanol–water partition coefficient (Wildman–Crippen LogP) is 3.59. The molecule has 2 heterocycles. The molecule has 2 saturated heterocycles. The fourth-order valence-corrected chi connectivity index (χ4v) is 3.03. The molecule has 27 heavy (non-hydrogen) atoms. The number of methoxy groups -OCH3 is 1. The van der Waals surface area contributed by atoms with Crippen molar-refractivity contribution in [2.45, 2.75) is 90.0 Å². The molecule has 2 fully saturated rings. The summed E-state index contributed by atoms with van der Waals surface area (Å²) in [7, 11) is 0.993. The summed E-state index contributed by atoms with van der Waals surface area (Å²) >= 11 is 0. The Hall–Kier alpha value is -1.15. The van der Waals surface area contributed by atoms with Gasteiger partial charge >= 0.3 is 13.1 Å². The van der Waals surface area contributed by atoms with Gasteiger partial charge in [-0.15, -0.1) is 0 Å². The van der Waals surface area contributed by atoms with E-state index in [4.69, 9.17) is 18.8 Å². The second-order valence-electron chi connectivity index (χ2n) is 8.47. The summed E-state index contributed by atoms with van der Waals surface area (Å²) in [5, 5.41) is 0. The first kappa shape index (κ1) is 22.1. The Bertz CT molecular complexity index is 565. The maximum absolute atomic E-state index is 11.1. The molecule has 152 valence electrons. The third-order valence-electron chi connectivity index (χ3n) is 5.23. The Labute approximate surface area is 163 Å². The molecule has 7 heteroatoms. The van der Waals surface area contributed by atoms with Crippen molar-refractivity contribution in [2.24, 2.45) is 0 Å². The first-order valence-electron chi connectivity index (χ1n) is 9.57. The van der Waals surface area contributed by atoms with E-state index >= 15 is 0 Å². The number of carbonyl (C=O) groups is 1. The lowest BCUT2D eigenvalue weighted by atomic mass is 9.88. The Kier molecular flexibility index (Phi) is 6.95. The molecule has 0 amide bonds. The number of hydrogen-bond acceptors (Lipinski definition) is 6. The first-order valence-corrected chi connectivity index (χ1v) is 9.57. The van der Waals surface area contributed by atoms with Crippen molar-refractivity contribution >= 4 is 13.1 Å². The molecule has 2 rings (SSSR count). The van der Waals surface area contributed by atoms with Gasteiger partial charge in [-0.3, -0.25) is 4.79 Å². The third kappa shape index (κ3) is 5.91. The summed E-state index contributed by atoms with van der Waals surface area (Å²) in [6.07, 6.45) is 7.39. The van der Waals surface area contributed by atoms with Crippen molar-refractivity contribution in [3.63, 3.8) is 0 Å². The SMILES string of the molecule is COC(=O)CC/C=C\C[C@@H]1OC(C)(C)O[C@@H]1/C=C/B1OC(C)(C)C(C)(C)O1. The Balaban J connectivity index is 1.92. The maximum atomic E-state index is 11.1. The summed E-state index contributed by atoms with van der Waals surface area (Å²) < 4.78 is 28.6. The topological polar surface area (TPSA) is 63.2 Å². The molecule has 2 atom stereocenters. The highest BCUT2D eigenvalue weighted by atomic mass is 16.7. The zero-order chi connectivity index (χ0) is 20.3. The van der Waals surface area contributed by atoms with Gasteiger partial charge in [-0.05, 0) is 54.4 Å². The average Bonchev–Trinajstić information content (AvgIpc) is 2.95. The number of hydrogen-bond donors (Lipinski definition) is 0. The van der Waals surface area contributed by atoms with Crippen molar-refractivity contribution in [1.29, 1.82) is 0 Å². The number of esters is 1. The molecule has 2 aliphatic rings. The van der Waals surface area contributed by atoms with Crippen LogP contribution >= 0.6 is 0 Å². The highest BCUT2D eigenvalue weighted by molar-refractivity contribution is 6.51. The predicted molar refractivity (Wildman–Crippen MR) is 104 cm³/mol. The molecule has 0 spiro atoms. The van der Waals surface area contributed by atoms with Crippen molar-refractivity contribution < 1.29 is 28.3 Å². The molecular weight excluding hydrogens is 347 g/mol. The second kappa shape index (κ2) is 8.47. The lowest BCUT2D eigenvalue weighted by molar-refractivity contribution is -0.142. The zero-order valence-electron chi connectivity index (χ0n) is 17.6. The van der Waals surface area contributed by atoms with Gasteiger partial charge in [0.25, 0.3) is 0 Å². The number of allylic oxidation sites excluding steroid dienone is 1. The zero-order valence-corrected chi connectivity index (χ0v) is 17.6. The van der Waals surface area contributed by atoms with Gasteiger partial charge in [-0.25, -0.2) is 0 Å². The van der Waals surface area contributed by atoms with E-state index in [1.54, 1.807) is 0 Å². The summed E-state index contributed by atoms with van der Waals surface area (Å²) in [6.45, 7) is 11.9. The molecule has 6 nitrogen and oxygen atoms in total. The van der Waals surface area contributed by atoms with Gasteiger partial charge < -0.3 is 23.5 Å². The van der Waals surface area contributed by atoms with Crippen LogP contribution in [0.3, 0.4) is 0 Å². The van der Waals surface area contributed by atoms with Crippen LogP contribution < -0.4 is 0 Å². The minimum Gasteiger partial charge on any atom is -0.469 e. The monoisotopic (exact) mass is 380 g/mol. The van der Waals surface area contributed by atoms with Gasteiger partial charge in [0.05, 0.1) is 24.4 Å². The molecular formula is C20H33BO6. The molecule has 0 saturated carbocycles. The quantitative estimate of drug-likeness (QED) is 0.382. The summed E-state index contributed by atoms with van der Waals surface area (Å²) in [5.41, 5.74) is -0.730. The van der Waals surface area contributed by atoms with Gasteiger partial charge in [-0.1, -0.05) is 24.2 Å².